The van der Waals surface area contributed by atoms with E-state index in [9.17, 15) is 0 Å². The fourth-order valence-electron chi connectivity index (χ4n) is 4.90. The van der Waals surface area contributed by atoms with Crippen molar-refractivity contribution in [1.82, 2.24) is 19.1 Å². The van der Waals surface area contributed by atoms with E-state index in [0.717, 1.165) is 39.8 Å². The molecule has 0 spiro atoms. The minimum Gasteiger partial charge on any atom is -0.457 e. The molecule has 0 amide bonds. The molecule has 0 atom stereocenters. The molecule has 0 radical (unpaired) electrons. The summed E-state index contributed by atoms with van der Waals surface area (Å²) < 4.78 is 10.6. The van der Waals surface area contributed by atoms with Gasteiger partial charge in [-0.1, -0.05) is 58.0 Å². The van der Waals surface area contributed by atoms with Gasteiger partial charge in [0.15, 0.2) is 0 Å². The summed E-state index contributed by atoms with van der Waals surface area (Å²) in [5.41, 5.74) is 7.02. The first kappa shape index (κ1) is 24.6. The van der Waals surface area contributed by atoms with Crippen molar-refractivity contribution >= 4 is 0 Å². The van der Waals surface area contributed by atoms with Crippen molar-refractivity contribution in [2.75, 3.05) is 0 Å². The number of rotatable bonds is 7. The van der Waals surface area contributed by atoms with Gasteiger partial charge in [-0.05, 0) is 65.8 Å². The van der Waals surface area contributed by atoms with Crippen LogP contribution in [-0.4, -0.2) is 19.1 Å². The third-order valence-electron chi connectivity index (χ3n) is 6.68. The summed E-state index contributed by atoms with van der Waals surface area (Å²) in [4.78, 5) is 9.28. The fraction of sp³-hybridized carbons (Fsp3) is 0.250. The number of hydrogen-bond acceptors (Lipinski definition) is 3. The maximum absolute atomic E-state index is 6.37. The van der Waals surface area contributed by atoms with Gasteiger partial charge >= 0.3 is 0 Å². The monoisotopic (exact) mass is 490 g/mol. The minimum absolute atomic E-state index is 0.396. The highest BCUT2D eigenvalue weighted by molar-refractivity contribution is 5.64. The molecule has 5 rings (SSSR count). The van der Waals surface area contributed by atoms with Crippen molar-refractivity contribution in [3.8, 4) is 40.0 Å². The Labute approximate surface area is 219 Å². The van der Waals surface area contributed by atoms with Crippen LogP contribution < -0.4 is 4.74 Å². The molecule has 0 unspecified atom stereocenters. The zero-order chi connectivity index (χ0) is 26.1. The van der Waals surface area contributed by atoms with E-state index in [0.29, 0.717) is 11.8 Å². The minimum atomic E-state index is 0.396. The average Bonchev–Trinajstić information content (AvgIpc) is 3.52. The number of aromatic nitrogens is 4. The molecule has 5 aromatic rings. The Bertz CT molecular complexity index is 1510. The predicted octanol–water partition coefficient (Wildman–Crippen LogP) is 8.29. The summed E-state index contributed by atoms with van der Waals surface area (Å²) >= 11 is 0. The second-order valence-electron chi connectivity index (χ2n) is 10.2. The van der Waals surface area contributed by atoms with Crippen molar-refractivity contribution in [3.05, 3.63) is 102 Å². The van der Waals surface area contributed by atoms with E-state index < -0.39 is 0 Å². The Morgan fingerprint density at radius 1 is 0.703 bits per heavy atom. The van der Waals surface area contributed by atoms with Crippen LogP contribution in [0, 0.1) is 6.92 Å². The van der Waals surface area contributed by atoms with Crippen LogP contribution in [-0.2, 0) is 7.05 Å². The van der Waals surface area contributed by atoms with Crippen LogP contribution in [0.1, 0.15) is 56.2 Å². The third kappa shape index (κ3) is 4.94. The van der Waals surface area contributed by atoms with Gasteiger partial charge in [-0.25, -0.2) is 9.97 Å². The second kappa shape index (κ2) is 10.1. The summed E-state index contributed by atoms with van der Waals surface area (Å²) in [6.45, 7) is 11.1. The van der Waals surface area contributed by atoms with Gasteiger partial charge in [0.1, 0.15) is 23.1 Å². The summed E-state index contributed by atoms with van der Waals surface area (Å²) in [5.74, 6) is 4.16. The SMILES string of the molecule is Cc1cc(Oc2cccc(-c3nccn3-c3c(C(C)C)cccc3C(C)C)c2)cc(-c2nccn2C)c1. The molecule has 188 valence electrons. The average molecular weight is 491 g/mol. The van der Waals surface area contributed by atoms with Crippen molar-refractivity contribution in [2.45, 2.75) is 46.5 Å². The molecule has 0 aliphatic rings. The predicted molar refractivity (Wildman–Crippen MR) is 151 cm³/mol. The van der Waals surface area contributed by atoms with Gasteiger partial charge in [0.05, 0.1) is 5.69 Å². The molecule has 2 aromatic heterocycles. The van der Waals surface area contributed by atoms with Gasteiger partial charge in [-0.3, -0.25) is 4.57 Å². The molecule has 0 fully saturated rings. The van der Waals surface area contributed by atoms with Gasteiger partial charge in [-0.2, -0.15) is 0 Å². The quantitative estimate of drug-likeness (QED) is 0.230. The van der Waals surface area contributed by atoms with Crippen LogP contribution in [0.4, 0.5) is 0 Å². The Hall–Kier alpha value is -4.12. The largest absolute Gasteiger partial charge is 0.457 e. The molecule has 0 aliphatic carbocycles. The van der Waals surface area contributed by atoms with E-state index in [2.05, 4.69) is 86.8 Å². The van der Waals surface area contributed by atoms with E-state index in [1.165, 1.54) is 16.8 Å². The molecule has 0 saturated heterocycles. The number of nitrogens with zero attached hydrogens (tertiary/aromatic N) is 4. The van der Waals surface area contributed by atoms with E-state index in [4.69, 9.17) is 9.72 Å². The summed E-state index contributed by atoms with van der Waals surface area (Å²) in [6, 6.07) is 21.0. The first-order valence-electron chi connectivity index (χ1n) is 12.9. The highest BCUT2D eigenvalue weighted by Crippen LogP contribution is 2.35. The Morgan fingerprint density at radius 2 is 1.35 bits per heavy atom. The topological polar surface area (TPSA) is 44.9 Å². The molecule has 0 bridgehead atoms. The van der Waals surface area contributed by atoms with Crippen LogP contribution in [0.2, 0.25) is 0 Å². The van der Waals surface area contributed by atoms with Crippen LogP contribution in [0.15, 0.2) is 85.5 Å². The highest BCUT2D eigenvalue weighted by Gasteiger charge is 2.19. The van der Waals surface area contributed by atoms with Crippen LogP contribution in [0.3, 0.4) is 0 Å². The van der Waals surface area contributed by atoms with Gasteiger partial charge in [0, 0.05) is 43.0 Å². The van der Waals surface area contributed by atoms with E-state index >= 15 is 0 Å². The molecule has 2 heterocycles. The van der Waals surface area contributed by atoms with Crippen molar-refractivity contribution in [3.63, 3.8) is 0 Å². The van der Waals surface area contributed by atoms with E-state index in [1.54, 1.807) is 0 Å². The van der Waals surface area contributed by atoms with Gasteiger partial charge < -0.3 is 9.30 Å². The maximum atomic E-state index is 6.37. The van der Waals surface area contributed by atoms with Gasteiger partial charge in [-0.15, -0.1) is 0 Å². The van der Waals surface area contributed by atoms with Crippen LogP contribution in [0.5, 0.6) is 11.5 Å². The standard InChI is InChI=1S/C32H34N4O/c1-21(2)28-11-8-12-29(22(3)4)30(28)36-16-14-34-32(36)24-9-7-10-26(19-24)37-27-18-23(5)17-25(20-27)31-33-13-15-35(31)6/h7-22H,1-6H3. The van der Waals surface area contributed by atoms with Gasteiger partial charge in [0.2, 0.25) is 0 Å². The Morgan fingerprint density at radius 3 is 2.03 bits per heavy atom. The number of aryl methyl sites for hydroxylation is 2. The third-order valence-corrected chi connectivity index (χ3v) is 6.68. The Kier molecular flexibility index (Phi) is 6.70. The number of ether oxygens (including phenoxy) is 1. The molecule has 3 aromatic carbocycles. The zero-order valence-corrected chi connectivity index (χ0v) is 22.4. The summed E-state index contributed by atoms with van der Waals surface area (Å²) in [7, 11) is 2.00. The van der Waals surface area contributed by atoms with E-state index in [-0.39, 0.29) is 0 Å². The lowest BCUT2D eigenvalue weighted by Crippen LogP contribution is -2.07. The lowest BCUT2D eigenvalue weighted by atomic mass is 9.92. The highest BCUT2D eigenvalue weighted by atomic mass is 16.5. The molecule has 0 saturated carbocycles. The fourth-order valence-corrected chi connectivity index (χ4v) is 4.90. The van der Waals surface area contributed by atoms with E-state index in [1.807, 2.05) is 54.5 Å². The molecule has 0 aliphatic heterocycles. The lowest BCUT2D eigenvalue weighted by molar-refractivity contribution is 0.482. The number of hydrogen-bond donors (Lipinski definition) is 0. The van der Waals surface area contributed by atoms with Crippen molar-refractivity contribution < 1.29 is 4.74 Å². The second-order valence-corrected chi connectivity index (χ2v) is 10.2. The number of para-hydroxylation sites is 1. The first-order valence-corrected chi connectivity index (χ1v) is 12.9. The molecule has 5 heteroatoms. The van der Waals surface area contributed by atoms with Gasteiger partial charge in [0.25, 0.3) is 0 Å². The first-order chi connectivity index (χ1) is 17.8. The number of benzene rings is 3. The maximum Gasteiger partial charge on any atom is 0.144 e. The van der Waals surface area contributed by atoms with Crippen LogP contribution >= 0.6 is 0 Å². The van der Waals surface area contributed by atoms with Crippen LogP contribution in [0.25, 0.3) is 28.5 Å². The molecular weight excluding hydrogens is 456 g/mol. The zero-order valence-electron chi connectivity index (χ0n) is 22.4. The number of imidazole rings is 2. The molecule has 0 N–H and O–H groups in total. The Balaban J connectivity index is 1.53. The molecule has 5 nitrogen and oxygen atoms in total. The smallest absolute Gasteiger partial charge is 0.144 e. The van der Waals surface area contributed by atoms with Crippen molar-refractivity contribution in [1.29, 1.82) is 0 Å². The normalized spacial score (nSPS) is 11.5. The summed E-state index contributed by atoms with van der Waals surface area (Å²) in [5, 5.41) is 0. The van der Waals surface area contributed by atoms with Crippen molar-refractivity contribution in [2.24, 2.45) is 7.05 Å². The molecular formula is C32H34N4O. The lowest BCUT2D eigenvalue weighted by Gasteiger charge is -2.22. The summed E-state index contributed by atoms with van der Waals surface area (Å²) in [6.07, 6.45) is 7.71. The molecule has 37 heavy (non-hydrogen) atoms.